The standard InChI is InChI=1S/C23H26N2O9/c1-2-15(21(31)24-9-8-19(28)29)25(16(23(33)34)10-13-6-4-3-5-7-13)22(32)14-11-17(26)20(30)18(27)12-14/h3-7,11-12,15-16,26-27,30H,2,8-10H2,1H3,(H,24,31)(H,28,29)(H,33,34)/t15?,16-/m0/s1. The van der Waals surface area contributed by atoms with Gasteiger partial charge in [-0.3, -0.25) is 14.4 Å². The number of amides is 2. The number of carbonyl (C=O) groups excluding carboxylic acids is 2. The second kappa shape index (κ2) is 11.5. The highest BCUT2D eigenvalue weighted by Gasteiger charge is 2.39. The number of benzene rings is 2. The monoisotopic (exact) mass is 474 g/mol. The van der Waals surface area contributed by atoms with Crippen LogP contribution in [0.5, 0.6) is 17.2 Å². The number of carboxylic acids is 2. The molecule has 0 aromatic heterocycles. The van der Waals surface area contributed by atoms with Crippen LogP contribution < -0.4 is 5.32 Å². The maximum atomic E-state index is 13.5. The predicted octanol–water partition coefficient (Wildman–Crippen LogP) is 1.31. The summed E-state index contributed by atoms with van der Waals surface area (Å²) in [5.74, 6) is -6.78. The fraction of sp³-hybridized carbons (Fsp3) is 0.304. The predicted molar refractivity (Wildman–Crippen MR) is 119 cm³/mol. The highest BCUT2D eigenvalue weighted by molar-refractivity contribution is 6.00. The zero-order valence-electron chi connectivity index (χ0n) is 18.3. The molecule has 2 aromatic rings. The van der Waals surface area contributed by atoms with Crippen molar-refractivity contribution in [1.82, 2.24) is 10.2 Å². The van der Waals surface area contributed by atoms with E-state index in [1.54, 1.807) is 37.3 Å². The van der Waals surface area contributed by atoms with Gasteiger partial charge in [0.15, 0.2) is 17.2 Å². The summed E-state index contributed by atoms with van der Waals surface area (Å²) in [6.07, 6.45) is -0.543. The Morgan fingerprint density at radius 1 is 0.941 bits per heavy atom. The first-order valence-corrected chi connectivity index (χ1v) is 10.4. The van der Waals surface area contributed by atoms with Crippen molar-refractivity contribution in [1.29, 1.82) is 0 Å². The van der Waals surface area contributed by atoms with Gasteiger partial charge in [0.1, 0.15) is 12.1 Å². The molecule has 0 aliphatic carbocycles. The van der Waals surface area contributed by atoms with Gasteiger partial charge in [0, 0.05) is 18.5 Å². The fourth-order valence-electron chi connectivity index (χ4n) is 3.44. The Balaban J connectivity index is 2.53. The second-order valence-electron chi connectivity index (χ2n) is 7.48. The molecule has 2 amide bonds. The number of carboxylic acid groups (broad SMARTS) is 2. The topological polar surface area (TPSA) is 185 Å². The van der Waals surface area contributed by atoms with Gasteiger partial charge in [0.2, 0.25) is 5.91 Å². The maximum absolute atomic E-state index is 13.5. The summed E-state index contributed by atoms with van der Waals surface area (Å²) in [6, 6.07) is 7.28. The minimum absolute atomic E-state index is 0.0146. The Hall–Kier alpha value is -4.28. The van der Waals surface area contributed by atoms with Crippen LogP contribution >= 0.6 is 0 Å². The average molecular weight is 474 g/mol. The van der Waals surface area contributed by atoms with Crippen molar-refractivity contribution in [2.45, 2.75) is 38.3 Å². The van der Waals surface area contributed by atoms with Crippen LogP contribution in [0.4, 0.5) is 0 Å². The van der Waals surface area contributed by atoms with E-state index in [-0.39, 0.29) is 31.4 Å². The molecule has 0 saturated carbocycles. The molecule has 2 aromatic carbocycles. The number of hydrogen-bond acceptors (Lipinski definition) is 7. The summed E-state index contributed by atoms with van der Waals surface area (Å²) in [7, 11) is 0. The van der Waals surface area contributed by atoms with Crippen LogP contribution in [0.1, 0.15) is 35.7 Å². The van der Waals surface area contributed by atoms with E-state index in [9.17, 15) is 39.6 Å². The molecule has 1 unspecified atom stereocenters. The van der Waals surface area contributed by atoms with Crippen LogP contribution in [-0.4, -0.2) is 72.8 Å². The summed E-state index contributed by atoms with van der Waals surface area (Å²) in [5, 5.41) is 50.5. The van der Waals surface area contributed by atoms with E-state index in [1.165, 1.54) is 0 Å². The first-order chi connectivity index (χ1) is 16.1. The number of phenolic OH excluding ortho intramolecular Hbond substituents is 3. The molecule has 0 bridgehead atoms. The number of carbonyl (C=O) groups is 4. The largest absolute Gasteiger partial charge is 0.504 e. The van der Waals surface area contributed by atoms with Gasteiger partial charge < -0.3 is 35.7 Å². The first-order valence-electron chi connectivity index (χ1n) is 10.4. The molecule has 2 atom stereocenters. The van der Waals surface area contributed by atoms with E-state index in [0.29, 0.717) is 5.56 Å². The van der Waals surface area contributed by atoms with Crippen molar-refractivity contribution in [3.63, 3.8) is 0 Å². The van der Waals surface area contributed by atoms with E-state index in [0.717, 1.165) is 17.0 Å². The van der Waals surface area contributed by atoms with Crippen LogP contribution in [0.2, 0.25) is 0 Å². The maximum Gasteiger partial charge on any atom is 0.326 e. The number of phenols is 3. The summed E-state index contributed by atoms with van der Waals surface area (Å²) in [6.45, 7) is 1.32. The molecule has 0 fully saturated rings. The average Bonchev–Trinajstić information content (AvgIpc) is 2.79. The number of nitrogens with one attached hydrogen (secondary N) is 1. The molecule has 11 nitrogen and oxygen atoms in total. The molecule has 34 heavy (non-hydrogen) atoms. The summed E-state index contributed by atoms with van der Waals surface area (Å²) in [4.78, 5) is 50.2. The summed E-state index contributed by atoms with van der Waals surface area (Å²) >= 11 is 0. The highest BCUT2D eigenvalue weighted by atomic mass is 16.4. The third-order valence-corrected chi connectivity index (χ3v) is 5.11. The molecule has 2 rings (SSSR count). The Kier molecular flexibility index (Phi) is 8.82. The zero-order valence-corrected chi connectivity index (χ0v) is 18.3. The number of rotatable bonds is 11. The van der Waals surface area contributed by atoms with Gasteiger partial charge in [-0.1, -0.05) is 37.3 Å². The highest BCUT2D eigenvalue weighted by Crippen LogP contribution is 2.36. The lowest BCUT2D eigenvalue weighted by atomic mass is 9.99. The van der Waals surface area contributed by atoms with E-state index in [2.05, 4.69) is 5.32 Å². The fourth-order valence-corrected chi connectivity index (χ4v) is 3.44. The molecule has 0 spiro atoms. The van der Waals surface area contributed by atoms with Crippen LogP contribution in [0.3, 0.4) is 0 Å². The van der Waals surface area contributed by atoms with Crippen molar-refractivity contribution in [2.75, 3.05) is 6.54 Å². The van der Waals surface area contributed by atoms with Gasteiger partial charge in [-0.2, -0.15) is 0 Å². The van der Waals surface area contributed by atoms with Crippen LogP contribution in [0.15, 0.2) is 42.5 Å². The summed E-state index contributed by atoms with van der Waals surface area (Å²) in [5.41, 5.74) is 0.217. The Labute approximate surface area is 194 Å². The molecule has 0 aliphatic rings. The normalized spacial score (nSPS) is 12.4. The lowest BCUT2D eigenvalue weighted by Crippen LogP contribution is -2.57. The van der Waals surface area contributed by atoms with Crippen molar-refractivity contribution < 1.29 is 44.7 Å². The molecule has 0 heterocycles. The smallest absolute Gasteiger partial charge is 0.326 e. The van der Waals surface area contributed by atoms with E-state index >= 15 is 0 Å². The molecule has 0 aliphatic heterocycles. The van der Waals surface area contributed by atoms with Gasteiger partial charge >= 0.3 is 11.9 Å². The molecule has 182 valence electrons. The van der Waals surface area contributed by atoms with Crippen molar-refractivity contribution in [3.8, 4) is 17.2 Å². The van der Waals surface area contributed by atoms with Crippen molar-refractivity contribution in [2.24, 2.45) is 0 Å². The van der Waals surface area contributed by atoms with Gasteiger partial charge in [-0.15, -0.1) is 0 Å². The molecular weight excluding hydrogens is 448 g/mol. The SMILES string of the molecule is CCC(C(=O)NCCC(=O)O)N(C(=O)c1cc(O)c(O)c(O)c1)[C@@H](Cc1ccccc1)C(=O)O. The van der Waals surface area contributed by atoms with Crippen LogP contribution in [0.25, 0.3) is 0 Å². The van der Waals surface area contributed by atoms with Gasteiger partial charge in [0.25, 0.3) is 5.91 Å². The quantitative estimate of drug-likeness (QED) is 0.261. The van der Waals surface area contributed by atoms with Crippen LogP contribution in [-0.2, 0) is 20.8 Å². The number of aliphatic carboxylic acids is 2. The number of nitrogens with zero attached hydrogens (tertiary/aromatic N) is 1. The molecule has 0 radical (unpaired) electrons. The first kappa shape index (κ1) is 26.0. The Bertz CT molecular complexity index is 1030. The molecule has 6 N–H and O–H groups in total. The lowest BCUT2D eigenvalue weighted by Gasteiger charge is -2.35. The van der Waals surface area contributed by atoms with E-state index in [1.807, 2.05) is 0 Å². The minimum Gasteiger partial charge on any atom is -0.504 e. The number of hydrogen-bond donors (Lipinski definition) is 6. The third-order valence-electron chi connectivity index (χ3n) is 5.11. The second-order valence-corrected chi connectivity index (χ2v) is 7.48. The van der Waals surface area contributed by atoms with Crippen LogP contribution in [0, 0.1) is 0 Å². The summed E-state index contributed by atoms with van der Waals surface area (Å²) < 4.78 is 0. The van der Waals surface area contributed by atoms with E-state index in [4.69, 9.17) is 5.11 Å². The van der Waals surface area contributed by atoms with Gasteiger partial charge in [-0.25, -0.2) is 4.79 Å². The Morgan fingerprint density at radius 2 is 1.53 bits per heavy atom. The van der Waals surface area contributed by atoms with Gasteiger partial charge in [-0.05, 0) is 24.1 Å². The number of aromatic hydroxyl groups is 3. The Morgan fingerprint density at radius 3 is 2.03 bits per heavy atom. The van der Waals surface area contributed by atoms with Crippen molar-refractivity contribution in [3.05, 3.63) is 53.6 Å². The van der Waals surface area contributed by atoms with Gasteiger partial charge in [0.05, 0.1) is 6.42 Å². The van der Waals surface area contributed by atoms with E-state index < -0.39 is 53.1 Å². The third kappa shape index (κ3) is 6.37. The molecular formula is C23H26N2O9. The zero-order chi connectivity index (χ0) is 25.4. The molecule has 0 saturated heterocycles. The molecule has 11 heteroatoms. The minimum atomic E-state index is -1.52. The van der Waals surface area contributed by atoms with Crippen molar-refractivity contribution >= 4 is 23.8 Å². The lowest BCUT2D eigenvalue weighted by molar-refractivity contribution is -0.144.